The fourth-order valence-corrected chi connectivity index (χ4v) is 0.990. The first-order chi connectivity index (χ1) is 4.70. The molecule has 0 saturated heterocycles. The molecule has 1 unspecified atom stereocenters. The van der Waals surface area contributed by atoms with E-state index in [9.17, 15) is 0 Å². The highest BCUT2D eigenvalue weighted by molar-refractivity contribution is 4.99. The Bertz CT molecular complexity index is 105. The molecule has 0 saturated carbocycles. The Balaban J connectivity index is 3.56. The minimum Gasteiger partial charge on any atom is -0.327 e. The molecule has 0 fully saturated rings. The molecule has 60 valence electrons. The zero-order valence-electron chi connectivity index (χ0n) is 7.35. The number of rotatable bonds is 4. The zero-order valence-corrected chi connectivity index (χ0v) is 7.35. The predicted octanol–water partition coefficient (Wildman–Crippen LogP) is 2.47. The van der Waals surface area contributed by atoms with Crippen LogP contribution in [0.25, 0.3) is 0 Å². The number of hydrogen-bond acceptors (Lipinski definition) is 1. The molecule has 0 aliphatic rings. The predicted molar refractivity (Wildman–Crippen MR) is 46.9 cm³/mol. The molecule has 0 aliphatic heterocycles. The maximum absolute atomic E-state index is 5.76. The Labute approximate surface area is 64.3 Å². The topological polar surface area (TPSA) is 26.0 Å². The average Bonchev–Trinajstić information content (AvgIpc) is 1.88. The Morgan fingerprint density at radius 3 is 2.50 bits per heavy atom. The standard InChI is InChI=1S/C9H19N/c1-4-6-8(3)7-9(10)5-2/h6,9H,4-5,7,10H2,1-3H3/b8-6+. The Morgan fingerprint density at radius 2 is 2.10 bits per heavy atom. The van der Waals surface area contributed by atoms with Gasteiger partial charge in [-0.3, -0.25) is 0 Å². The van der Waals surface area contributed by atoms with Crippen LogP contribution in [0, 0.1) is 0 Å². The molecule has 2 N–H and O–H groups in total. The highest BCUT2D eigenvalue weighted by atomic mass is 14.6. The van der Waals surface area contributed by atoms with Crippen LogP contribution in [0.15, 0.2) is 11.6 Å². The maximum atomic E-state index is 5.76. The van der Waals surface area contributed by atoms with Gasteiger partial charge in [-0.05, 0) is 26.2 Å². The molecule has 0 aliphatic carbocycles. The van der Waals surface area contributed by atoms with E-state index in [1.54, 1.807) is 0 Å². The van der Waals surface area contributed by atoms with Crippen LogP contribution in [0.3, 0.4) is 0 Å². The van der Waals surface area contributed by atoms with Crippen LogP contribution in [0.2, 0.25) is 0 Å². The first-order valence-electron chi connectivity index (χ1n) is 4.11. The van der Waals surface area contributed by atoms with Gasteiger partial charge in [-0.2, -0.15) is 0 Å². The highest BCUT2D eigenvalue weighted by Crippen LogP contribution is 2.05. The zero-order chi connectivity index (χ0) is 7.98. The summed E-state index contributed by atoms with van der Waals surface area (Å²) >= 11 is 0. The van der Waals surface area contributed by atoms with Gasteiger partial charge >= 0.3 is 0 Å². The highest BCUT2D eigenvalue weighted by Gasteiger charge is 1.98. The summed E-state index contributed by atoms with van der Waals surface area (Å²) in [4.78, 5) is 0. The van der Waals surface area contributed by atoms with Gasteiger partial charge in [0.1, 0.15) is 0 Å². The van der Waals surface area contributed by atoms with E-state index < -0.39 is 0 Å². The van der Waals surface area contributed by atoms with Crippen LogP contribution >= 0.6 is 0 Å². The van der Waals surface area contributed by atoms with Crippen molar-refractivity contribution in [1.29, 1.82) is 0 Å². The Kier molecular flexibility index (Phi) is 5.32. The summed E-state index contributed by atoms with van der Waals surface area (Å²) < 4.78 is 0. The molecular formula is C9H19N. The molecule has 0 bridgehead atoms. The van der Waals surface area contributed by atoms with E-state index in [2.05, 4.69) is 26.8 Å². The third-order valence-electron chi connectivity index (χ3n) is 1.66. The second-order valence-corrected chi connectivity index (χ2v) is 2.83. The first-order valence-corrected chi connectivity index (χ1v) is 4.11. The summed E-state index contributed by atoms with van der Waals surface area (Å²) in [5, 5.41) is 0. The molecule has 0 aromatic carbocycles. The smallest absolute Gasteiger partial charge is 0.00733 e. The molecule has 1 atom stereocenters. The second-order valence-electron chi connectivity index (χ2n) is 2.83. The summed E-state index contributed by atoms with van der Waals surface area (Å²) in [6.45, 7) is 6.43. The first kappa shape index (κ1) is 9.70. The fraction of sp³-hybridized carbons (Fsp3) is 0.778. The van der Waals surface area contributed by atoms with Crippen LogP contribution in [-0.4, -0.2) is 6.04 Å². The Hall–Kier alpha value is -0.300. The van der Waals surface area contributed by atoms with Gasteiger partial charge in [0.25, 0.3) is 0 Å². The van der Waals surface area contributed by atoms with Crippen molar-refractivity contribution in [2.24, 2.45) is 5.73 Å². The molecule has 0 rings (SSSR count). The lowest BCUT2D eigenvalue weighted by atomic mass is 10.1. The van der Waals surface area contributed by atoms with E-state index in [0.29, 0.717) is 6.04 Å². The molecule has 1 nitrogen and oxygen atoms in total. The lowest BCUT2D eigenvalue weighted by molar-refractivity contribution is 0.641. The SMILES string of the molecule is CC/C=C(\C)CC(N)CC. The summed E-state index contributed by atoms with van der Waals surface area (Å²) in [7, 11) is 0. The van der Waals surface area contributed by atoms with E-state index in [-0.39, 0.29) is 0 Å². The Morgan fingerprint density at radius 1 is 1.50 bits per heavy atom. The number of hydrogen-bond donors (Lipinski definition) is 1. The van der Waals surface area contributed by atoms with Gasteiger partial charge in [0.05, 0.1) is 0 Å². The van der Waals surface area contributed by atoms with Crippen molar-refractivity contribution < 1.29 is 0 Å². The number of allylic oxidation sites excluding steroid dienone is 1. The van der Waals surface area contributed by atoms with E-state index >= 15 is 0 Å². The van der Waals surface area contributed by atoms with Crippen LogP contribution < -0.4 is 5.73 Å². The largest absolute Gasteiger partial charge is 0.327 e. The minimum absolute atomic E-state index is 0.364. The van der Waals surface area contributed by atoms with Gasteiger partial charge in [-0.25, -0.2) is 0 Å². The molecule has 10 heavy (non-hydrogen) atoms. The minimum atomic E-state index is 0.364. The third kappa shape index (κ3) is 4.57. The van der Waals surface area contributed by atoms with Gasteiger partial charge in [0, 0.05) is 6.04 Å². The average molecular weight is 141 g/mol. The third-order valence-corrected chi connectivity index (χ3v) is 1.66. The molecule has 0 aromatic heterocycles. The van der Waals surface area contributed by atoms with Crippen molar-refractivity contribution in [3.8, 4) is 0 Å². The molecule has 0 aromatic rings. The molecule has 1 heteroatoms. The quantitative estimate of drug-likeness (QED) is 0.598. The lowest BCUT2D eigenvalue weighted by Crippen LogP contribution is -2.18. The molecular weight excluding hydrogens is 122 g/mol. The van der Waals surface area contributed by atoms with Crippen molar-refractivity contribution in [3.63, 3.8) is 0 Å². The van der Waals surface area contributed by atoms with Crippen LogP contribution in [0.1, 0.15) is 40.0 Å². The van der Waals surface area contributed by atoms with E-state index in [0.717, 1.165) is 19.3 Å². The molecule has 0 spiro atoms. The van der Waals surface area contributed by atoms with Crippen molar-refractivity contribution >= 4 is 0 Å². The van der Waals surface area contributed by atoms with Crippen molar-refractivity contribution in [1.82, 2.24) is 0 Å². The van der Waals surface area contributed by atoms with Crippen LogP contribution in [-0.2, 0) is 0 Å². The van der Waals surface area contributed by atoms with Crippen LogP contribution in [0.5, 0.6) is 0 Å². The second kappa shape index (κ2) is 5.48. The van der Waals surface area contributed by atoms with Gasteiger partial charge < -0.3 is 5.73 Å². The molecule has 0 heterocycles. The van der Waals surface area contributed by atoms with Gasteiger partial charge in [0.15, 0.2) is 0 Å². The van der Waals surface area contributed by atoms with Gasteiger partial charge in [-0.1, -0.05) is 25.5 Å². The van der Waals surface area contributed by atoms with Crippen molar-refractivity contribution in [2.45, 2.75) is 46.1 Å². The fourth-order valence-electron chi connectivity index (χ4n) is 0.990. The lowest BCUT2D eigenvalue weighted by Gasteiger charge is -2.07. The normalized spacial score (nSPS) is 15.4. The molecule has 0 amide bonds. The summed E-state index contributed by atoms with van der Waals surface area (Å²) in [6.07, 6.45) is 5.51. The summed E-state index contributed by atoms with van der Waals surface area (Å²) in [6, 6.07) is 0.364. The van der Waals surface area contributed by atoms with E-state index in [4.69, 9.17) is 5.73 Å². The number of nitrogens with two attached hydrogens (primary N) is 1. The van der Waals surface area contributed by atoms with Crippen molar-refractivity contribution in [2.75, 3.05) is 0 Å². The summed E-state index contributed by atoms with van der Waals surface area (Å²) in [5.74, 6) is 0. The summed E-state index contributed by atoms with van der Waals surface area (Å²) in [5.41, 5.74) is 7.19. The van der Waals surface area contributed by atoms with E-state index in [1.165, 1.54) is 5.57 Å². The van der Waals surface area contributed by atoms with E-state index in [1.807, 2.05) is 0 Å². The van der Waals surface area contributed by atoms with Crippen molar-refractivity contribution in [3.05, 3.63) is 11.6 Å². The van der Waals surface area contributed by atoms with Crippen LogP contribution in [0.4, 0.5) is 0 Å². The maximum Gasteiger partial charge on any atom is 0.00733 e. The van der Waals surface area contributed by atoms with Gasteiger partial charge in [0.2, 0.25) is 0 Å². The monoisotopic (exact) mass is 141 g/mol. The van der Waals surface area contributed by atoms with Gasteiger partial charge in [-0.15, -0.1) is 0 Å². The molecule has 0 radical (unpaired) electrons.